The molecule has 0 amide bonds. The topological polar surface area (TPSA) is 52.3 Å². The van der Waals surface area contributed by atoms with Crippen LogP contribution in [0.4, 0.5) is 0 Å². The van der Waals surface area contributed by atoms with Gasteiger partial charge in [-0.25, -0.2) is 0 Å². The molecule has 0 aliphatic heterocycles. The summed E-state index contributed by atoms with van der Waals surface area (Å²) in [7, 11) is 1.40. The summed E-state index contributed by atoms with van der Waals surface area (Å²) in [4.78, 5) is 11.0. The van der Waals surface area contributed by atoms with Crippen LogP contribution in [-0.2, 0) is 9.53 Å². The zero-order valence-corrected chi connectivity index (χ0v) is 10.5. The van der Waals surface area contributed by atoms with Crippen LogP contribution in [0.3, 0.4) is 0 Å². The van der Waals surface area contributed by atoms with E-state index >= 15 is 0 Å². The first kappa shape index (κ1) is 13.8. The summed E-state index contributed by atoms with van der Waals surface area (Å²) in [6, 6.07) is 0.0738. The average Bonchev–Trinajstić information content (AvgIpc) is 2.01. The highest BCUT2D eigenvalue weighted by Gasteiger charge is 2.28. The summed E-state index contributed by atoms with van der Waals surface area (Å²) in [5.74, 6) is 0.185. The van der Waals surface area contributed by atoms with Gasteiger partial charge in [0.2, 0.25) is 0 Å². The van der Waals surface area contributed by atoms with Gasteiger partial charge in [-0.15, -0.1) is 11.8 Å². The lowest BCUT2D eigenvalue weighted by molar-refractivity contribution is -0.137. The molecule has 4 heteroatoms. The summed E-state index contributed by atoms with van der Waals surface area (Å²) >= 11 is 1.57. The van der Waals surface area contributed by atoms with E-state index in [1.54, 1.807) is 11.8 Å². The molecule has 0 radical (unpaired) electrons. The number of hydrogen-bond acceptors (Lipinski definition) is 4. The number of nitrogens with two attached hydrogens (primary N) is 1. The molecule has 0 aromatic rings. The Kier molecular flexibility index (Phi) is 5.52. The van der Waals surface area contributed by atoms with Crippen molar-refractivity contribution >= 4 is 17.7 Å². The molecular formula is C10H21NO2S. The number of esters is 1. The molecule has 0 aromatic carbocycles. The van der Waals surface area contributed by atoms with E-state index in [0.717, 1.165) is 0 Å². The van der Waals surface area contributed by atoms with Gasteiger partial charge in [-0.05, 0) is 12.3 Å². The molecule has 14 heavy (non-hydrogen) atoms. The molecule has 0 fully saturated rings. The Morgan fingerprint density at radius 1 is 1.50 bits per heavy atom. The molecule has 0 aliphatic rings. The molecule has 2 unspecified atom stereocenters. The minimum atomic E-state index is -0.190. The van der Waals surface area contributed by atoms with Crippen molar-refractivity contribution < 1.29 is 9.53 Å². The van der Waals surface area contributed by atoms with Gasteiger partial charge in [0.15, 0.2) is 0 Å². The fourth-order valence-electron chi connectivity index (χ4n) is 1.41. The van der Waals surface area contributed by atoms with Crippen LogP contribution < -0.4 is 5.73 Å². The van der Waals surface area contributed by atoms with Crippen LogP contribution >= 0.6 is 11.8 Å². The monoisotopic (exact) mass is 219 g/mol. The first-order chi connectivity index (χ1) is 6.29. The van der Waals surface area contributed by atoms with Gasteiger partial charge in [0.25, 0.3) is 0 Å². The van der Waals surface area contributed by atoms with Gasteiger partial charge < -0.3 is 10.5 Å². The molecule has 0 aliphatic carbocycles. The third-order valence-corrected chi connectivity index (χ3v) is 3.84. The number of ether oxygens (including phenoxy) is 1. The van der Waals surface area contributed by atoms with Crippen molar-refractivity contribution in [1.29, 1.82) is 0 Å². The SMILES string of the molecule is COC(=O)CSC(C(C)N)C(C)(C)C. The van der Waals surface area contributed by atoms with Gasteiger partial charge in [-0.2, -0.15) is 0 Å². The van der Waals surface area contributed by atoms with Crippen molar-refractivity contribution in [2.75, 3.05) is 12.9 Å². The molecule has 84 valence electrons. The molecule has 2 N–H and O–H groups in total. The van der Waals surface area contributed by atoms with E-state index in [1.807, 2.05) is 6.92 Å². The molecule has 2 atom stereocenters. The molecule has 3 nitrogen and oxygen atoms in total. The molecule has 0 heterocycles. The lowest BCUT2D eigenvalue weighted by Crippen LogP contribution is -2.39. The molecule has 0 spiro atoms. The van der Waals surface area contributed by atoms with E-state index in [0.29, 0.717) is 5.75 Å². The second-order valence-electron chi connectivity index (χ2n) is 4.53. The second-order valence-corrected chi connectivity index (χ2v) is 5.66. The van der Waals surface area contributed by atoms with Crippen LogP contribution in [0.15, 0.2) is 0 Å². The second kappa shape index (κ2) is 5.61. The average molecular weight is 219 g/mol. The quantitative estimate of drug-likeness (QED) is 0.731. The maximum absolute atomic E-state index is 11.0. The fraction of sp³-hybridized carbons (Fsp3) is 0.900. The molecule has 0 rings (SSSR count). The zero-order valence-electron chi connectivity index (χ0n) is 9.66. The summed E-state index contributed by atoms with van der Waals surface area (Å²) in [5, 5.41) is 0.265. The fourth-order valence-corrected chi connectivity index (χ4v) is 2.64. The van der Waals surface area contributed by atoms with Crippen LogP contribution in [0.1, 0.15) is 27.7 Å². The Hall–Kier alpha value is -0.220. The Morgan fingerprint density at radius 2 is 2.00 bits per heavy atom. The summed E-state index contributed by atoms with van der Waals surface area (Å²) in [5.41, 5.74) is 5.98. The Morgan fingerprint density at radius 3 is 2.29 bits per heavy atom. The highest BCUT2D eigenvalue weighted by Crippen LogP contribution is 2.32. The maximum atomic E-state index is 11.0. The minimum absolute atomic E-state index is 0.0738. The summed E-state index contributed by atoms with van der Waals surface area (Å²) in [6.45, 7) is 8.36. The standard InChI is InChI=1S/C10H21NO2S/c1-7(11)9(10(2,3)4)14-6-8(12)13-5/h7,9H,6,11H2,1-5H3. The largest absolute Gasteiger partial charge is 0.468 e. The van der Waals surface area contributed by atoms with Gasteiger partial charge in [0.1, 0.15) is 0 Å². The first-order valence-corrected chi connectivity index (χ1v) is 5.78. The number of thioether (sulfide) groups is 1. The van der Waals surface area contributed by atoms with E-state index in [1.165, 1.54) is 7.11 Å². The van der Waals surface area contributed by atoms with Crippen LogP contribution in [0.2, 0.25) is 0 Å². The van der Waals surface area contributed by atoms with E-state index in [2.05, 4.69) is 25.5 Å². The third-order valence-electron chi connectivity index (χ3n) is 1.94. The predicted octanol–water partition coefficient (Wildman–Crippen LogP) is 1.65. The van der Waals surface area contributed by atoms with Crippen LogP contribution in [-0.4, -0.2) is 30.1 Å². The Labute approximate surface area is 90.8 Å². The van der Waals surface area contributed by atoms with Crippen molar-refractivity contribution in [2.24, 2.45) is 11.1 Å². The highest BCUT2D eigenvalue weighted by molar-refractivity contribution is 8.00. The van der Waals surface area contributed by atoms with Gasteiger partial charge in [0.05, 0.1) is 12.9 Å². The molecule has 0 saturated carbocycles. The van der Waals surface area contributed by atoms with Crippen molar-refractivity contribution in [3.8, 4) is 0 Å². The smallest absolute Gasteiger partial charge is 0.315 e. The van der Waals surface area contributed by atoms with Gasteiger partial charge in [0, 0.05) is 11.3 Å². The normalized spacial score (nSPS) is 16.1. The Balaban J connectivity index is 4.19. The number of methoxy groups -OCH3 is 1. The summed E-state index contributed by atoms with van der Waals surface area (Å²) in [6.07, 6.45) is 0. The number of carbonyl (C=O) groups excluding carboxylic acids is 1. The first-order valence-electron chi connectivity index (χ1n) is 4.73. The zero-order chi connectivity index (χ0) is 11.4. The Bertz CT molecular complexity index is 187. The van der Waals surface area contributed by atoms with Crippen LogP contribution in [0.25, 0.3) is 0 Å². The number of hydrogen-bond donors (Lipinski definition) is 1. The third kappa shape index (κ3) is 4.86. The van der Waals surface area contributed by atoms with Crippen molar-refractivity contribution in [3.05, 3.63) is 0 Å². The number of carbonyl (C=O) groups is 1. The predicted molar refractivity (Wildman–Crippen MR) is 61.4 cm³/mol. The number of rotatable bonds is 4. The van der Waals surface area contributed by atoms with Crippen molar-refractivity contribution in [1.82, 2.24) is 0 Å². The van der Waals surface area contributed by atoms with Crippen molar-refractivity contribution in [2.45, 2.75) is 39.0 Å². The van der Waals surface area contributed by atoms with E-state index in [4.69, 9.17) is 5.73 Å². The molecule has 0 bridgehead atoms. The van der Waals surface area contributed by atoms with Crippen LogP contribution in [0, 0.1) is 5.41 Å². The van der Waals surface area contributed by atoms with E-state index in [9.17, 15) is 4.79 Å². The van der Waals surface area contributed by atoms with Gasteiger partial charge in [-0.1, -0.05) is 20.8 Å². The summed E-state index contributed by atoms with van der Waals surface area (Å²) < 4.78 is 4.59. The van der Waals surface area contributed by atoms with E-state index < -0.39 is 0 Å². The highest BCUT2D eigenvalue weighted by atomic mass is 32.2. The van der Waals surface area contributed by atoms with Gasteiger partial charge >= 0.3 is 5.97 Å². The lowest BCUT2D eigenvalue weighted by atomic mass is 9.88. The molecule has 0 saturated heterocycles. The van der Waals surface area contributed by atoms with Crippen molar-refractivity contribution in [3.63, 3.8) is 0 Å². The van der Waals surface area contributed by atoms with Gasteiger partial charge in [-0.3, -0.25) is 4.79 Å². The maximum Gasteiger partial charge on any atom is 0.315 e. The van der Waals surface area contributed by atoms with E-state index in [-0.39, 0.29) is 22.7 Å². The van der Waals surface area contributed by atoms with Crippen LogP contribution in [0.5, 0.6) is 0 Å². The lowest BCUT2D eigenvalue weighted by Gasteiger charge is -2.32. The minimum Gasteiger partial charge on any atom is -0.468 e. The molecular weight excluding hydrogens is 198 g/mol. The molecule has 0 aromatic heterocycles.